The average molecular weight is 378 g/mol. The maximum Gasteiger partial charge on any atom is 0.270 e. The quantitative estimate of drug-likeness (QED) is 0.387. The summed E-state index contributed by atoms with van der Waals surface area (Å²) < 4.78 is 12.0. The fourth-order valence-electron chi connectivity index (χ4n) is 2.91. The predicted octanol–water partition coefficient (Wildman–Crippen LogP) is 3.02. The molecule has 0 saturated carbocycles. The number of nitro benzene ring substituents is 1. The molecule has 0 radical (unpaired) electrons. The van der Waals surface area contributed by atoms with Crippen LogP contribution in [-0.2, 0) is 6.54 Å². The highest BCUT2D eigenvalue weighted by Gasteiger charge is 2.14. The SMILES string of the molecule is COc1ccccc1-c1cc(Cn2cnc3ccc([N+](=O)[O-])cc3c2=O)on1. The van der Waals surface area contributed by atoms with Crippen LogP contribution in [0.5, 0.6) is 5.75 Å². The molecule has 0 unspecified atom stereocenters. The number of nitrogens with zero attached hydrogens (tertiary/aromatic N) is 4. The van der Waals surface area contributed by atoms with E-state index in [4.69, 9.17) is 9.26 Å². The summed E-state index contributed by atoms with van der Waals surface area (Å²) in [5.41, 5.74) is 1.16. The van der Waals surface area contributed by atoms with Crippen LogP contribution in [-0.4, -0.2) is 26.7 Å². The second-order valence-corrected chi connectivity index (χ2v) is 6.01. The third kappa shape index (κ3) is 3.09. The lowest BCUT2D eigenvalue weighted by atomic mass is 10.1. The van der Waals surface area contributed by atoms with Crippen molar-refractivity contribution >= 4 is 16.6 Å². The maximum atomic E-state index is 12.7. The Kier molecular flexibility index (Phi) is 4.32. The van der Waals surface area contributed by atoms with Crippen LogP contribution < -0.4 is 10.3 Å². The predicted molar refractivity (Wildman–Crippen MR) is 100 cm³/mol. The number of non-ortho nitro benzene ring substituents is 1. The van der Waals surface area contributed by atoms with Crippen molar-refractivity contribution in [1.82, 2.24) is 14.7 Å². The van der Waals surface area contributed by atoms with E-state index >= 15 is 0 Å². The summed E-state index contributed by atoms with van der Waals surface area (Å²) in [6.45, 7) is 0.0899. The number of aromatic nitrogens is 3. The minimum Gasteiger partial charge on any atom is -0.496 e. The largest absolute Gasteiger partial charge is 0.496 e. The highest BCUT2D eigenvalue weighted by Crippen LogP contribution is 2.29. The summed E-state index contributed by atoms with van der Waals surface area (Å²) in [7, 11) is 1.57. The molecule has 2 aromatic carbocycles. The van der Waals surface area contributed by atoms with Crippen molar-refractivity contribution < 1.29 is 14.2 Å². The van der Waals surface area contributed by atoms with Crippen molar-refractivity contribution in [2.45, 2.75) is 6.54 Å². The molecular weight excluding hydrogens is 364 g/mol. The lowest BCUT2D eigenvalue weighted by Crippen LogP contribution is -2.21. The number of rotatable bonds is 5. The van der Waals surface area contributed by atoms with E-state index in [2.05, 4.69) is 10.1 Å². The van der Waals surface area contributed by atoms with Gasteiger partial charge in [-0.05, 0) is 18.2 Å². The van der Waals surface area contributed by atoms with E-state index in [9.17, 15) is 14.9 Å². The lowest BCUT2D eigenvalue weighted by Gasteiger charge is -2.04. The van der Waals surface area contributed by atoms with E-state index in [1.54, 1.807) is 13.2 Å². The van der Waals surface area contributed by atoms with E-state index in [0.717, 1.165) is 5.56 Å². The zero-order valence-electron chi connectivity index (χ0n) is 14.7. The van der Waals surface area contributed by atoms with Gasteiger partial charge in [-0.25, -0.2) is 4.98 Å². The van der Waals surface area contributed by atoms with Crippen LogP contribution in [0.4, 0.5) is 5.69 Å². The Hall–Kier alpha value is -4.01. The van der Waals surface area contributed by atoms with Gasteiger partial charge in [0.1, 0.15) is 11.4 Å². The molecule has 9 heteroatoms. The van der Waals surface area contributed by atoms with Gasteiger partial charge in [-0.2, -0.15) is 0 Å². The monoisotopic (exact) mass is 378 g/mol. The highest BCUT2D eigenvalue weighted by molar-refractivity contribution is 5.79. The molecule has 0 atom stereocenters. The van der Waals surface area contributed by atoms with E-state index < -0.39 is 10.5 Å². The van der Waals surface area contributed by atoms with E-state index in [1.807, 2.05) is 24.3 Å². The normalized spacial score (nSPS) is 10.9. The second-order valence-electron chi connectivity index (χ2n) is 6.01. The van der Waals surface area contributed by atoms with Gasteiger partial charge in [-0.3, -0.25) is 19.5 Å². The molecule has 4 aromatic rings. The number of benzene rings is 2. The molecule has 0 N–H and O–H groups in total. The van der Waals surface area contributed by atoms with Gasteiger partial charge in [-0.1, -0.05) is 17.3 Å². The molecule has 0 aliphatic rings. The van der Waals surface area contributed by atoms with Crippen molar-refractivity contribution in [1.29, 1.82) is 0 Å². The Morgan fingerprint density at radius 1 is 1.21 bits per heavy atom. The van der Waals surface area contributed by atoms with Gasteiger partial charge < -0.3 is 9.26 Å². The number of hydrogen-bond donors (Lipinski definition) is 0. The molecule has 0 spiro atoms. The molecule has 140 valence electrons. The molecule has 0 fully saturated rings. The molecule has 9 nitrogen and oxygen atoms in total. The molecular formula is C19H14N4O5. The van der Waals surface area contributed by atoms with Crippen LogP contribution in [0.15, 0.2) is 64.2 Å². The molecule has 0 amide bonds. The van der Waals surface area contributed by atoms with E-state index in [-0.39, 0.29) is 17.6 Å². The summed E-state index contributed by atoms with van der Waals surface area (Å²) in [6.07, 6.45) is 1.38. The third-order valence-corrected chi connectivity index (χ3v) is 4.29. The Morgan fingerprint density at radius 2 is 2.04 bits per heavy atom. The third-order valence-electron chi connectivity index (χ3n) is 4.29. The van der Waals surface area contributed by atoms with Crippen molar-refractivity contribution in [3.05, 3.63) is 81.1 Å². The van der Waals surface area contributed by atoms with Gasteiger partial charge in [0.2, 0.25) is 0 Å². The van der Waals surface area contributed by atoms with Crippen molar-refractivity contribution in [2.75, 3.05) is 7.11 Å². The van der Waals surface area contributed by atoms with Crippen LogP contribution >= 0.6 is 0 Å². The maximum absolute atomic E-state index is 12.7. The molecule has 0 saturated heterocycles. The fraction of sp³-hybridized carbons (Fsp3) is 0.105. The van der Waals surface area contributed by atoms with E-state index in [0.29, 0.717) is 22.7 Å². The van der Waals surface area contributed by atoms with Gasteiger partial charge in [-0.15, -0.1) is 0 Å². The first-order chi connectivity index (χ1) is 13.6. The average Bonchev–Trinajstić information content (AvgIpc) is 3.18. The summed E-state index contributed by atoms with van der Waals surface area (Å²) in [4.78, 5) is 27.3. The molecule has 0 aliphatic carbocycles. The smallest absolute Gasteiger partial charge is 0.270 e. The van der Waals surface area contributed by atoms with Crippen LogP contribution in [0.2, 0.25) is 0 Å². The minimum absolute atomic E-state index is 0.0899. The number of nitro groups is 1. The lowest BCUT2D eigenvalue weighted by molar-refractivity contribution is -0.384. The van der Waals surface area contributed by atoms with Crippen LogP contribution in [0.3, 0.4) is 0 Å². The standard InChI is InChI=1S/C19H14N4O5/c1-27-18-5-3-2-4-14(18)17-9-13(28-21-17)10-22-11-20-16-7-6-12(23(25)26)8-15(16)19(22)24/h2-9,11H,10H2,1H3. The Labute approximate surface area is 157 Å². The zero-order chi connectivity index (χ0) is 19.7. The number of fused-ring (bicyclic) bond motifs is 1. The first kappa shape index (κ1) is 17.4. The Bertz CT molecular complexity index is 1240. The van der Waals surface area contributed by atoms with Gasteiger partial charge >= 0.3 is 0 Å². The van der Waals surface area contributed by atoms with Crippen LogP contribution in [0.25, 0.3) is 22.2 Å². The molecule has 2 heterocycles. The van der Waals surface area contributed by atoms with Crippen molar-refractivity contribution in [3.8, 4) is 17.0 Å². The summed E-state index contributed by atoms with van der Waals surface area (Å²) in [5, 5.41) is 15.2. The number of para-hydroxylation sites is 1. The summed E-state index contributed by atoms with van der Waals surface area (Å²) in [6, 6.07) is 13.1. The van der Waals surface area contributed by atoms with Crippen LogP contribution in [0.1, 0.15) is 5.76 Å². The van der Waals surface area contributed by atoms with Gasteiger partial charge in [0.05, 0.1) is 35.8 Å². The van der Waals surface area contributed by atoms with Gasteiger partial charge in [0.25, 0.3) is 11.2 Å². The Morgan fingerprint density at radius 3 is 2.82 bits per heavy atom. The first-order valence-corrected chi connectivity index (χ1v) is 8.29. The first-order valence-electron chi connectivity index (χ1n) is 8.29. The minimum atomic E-state index is -0.549. The Balaban J connectivity index is 1.69. The molecule has 2 aromatic heterocycles. The van der Waals surface area contributed by atoms with Gasteiger partial charge in [0.15, 0.2) is 5.76 Å². The second kappa shape index (κ2) is 6.95. The number of hydrogen-bond acceptors (Lipinski definition) is 7. The number of methoxy groups -OCH3 is 1. The summed E-state index contributed by atoms with van der Waals surface area (Å²) in [5.74, 6) is 1.09. The fourth-order valence-corrected chi connectivity index (χ4v) is 2.91. The molecule has 0 bridgehead atoms. The van der Waals surface area contributed by atoms with Crippen molar-refractivity contribution in [2.24, 2.45) is 0 Å². The van der Waals surface area contributed by atoms with Gasteiger partial charge in [0, 0.05) is 23.8 Å². The number of ether oxygens (including phenoxy) is 1. The molecule has 4 rings (SSSR count). The van der Waals surface area contributed by atoms with Crippen molar-refractivity contribution in [3.63, 3.8) is 0 Å². The molecule has 28 heavy (non-hydrogen) atoms. The summed E-state index contributed by atoms with van der Waals surface area (Å²) >= 11 is 0. The zero-order valence-corrected chi connectivity index (χ0v) is 14.7. The highest BCUT2D eigenvalue weighted by atomic mass is 16.6. The van der Waals surface area contributed by atoms with E-state index in [1.165, 1.54) is 29.1 Å². The molecule has 0 aliphatic heterocycles. The topological polar surface area (TPSA) is 113 Å². The van der Waals surface area contributed by atoms with Crippen LogP contribution in [0, 0.1) is 10.1 Å².